The molecular formula is C9H6ClNO2S. The van der Waals surface area contributed by atoms with Crippen LogP contribution in [0.2, 0.25) is 5.02 Å². The van der Waals surface area contributed by atoms with Gasteiger partial charge in [-0.15, -0.1) is 0 Å². The van der Waals surface area contributed by atoms with Crippen LogP contribution in [0.4, 0.5) is 0 Å². The van der Waals surface area contributed by atoms with Crippen molar-refractivity contribution < 1.29 is 9.53 Å². The van der Waals surface area contributed by atoms with Crippen LogP contribution in [-0.2, 0) is 4.74 Å². The minimum absolute atomic E-state index is 0.329. The van der Waals surface area contributed by atoms with Crippen molar-refractivity contribution in [1.29, 1.82) is 0 Å². The Morgan fingerprint density at radius 2 is 2.36 bits per heavy atom. The summed E-state index contributed by atoms with van der Waals surface area (Å²) in [6, 6.07) is 5.32. The maximum Gasteiger partial charge on any atom is 0.358 e. The van der Waals surface area contributed by atoms with Crippen molar-refractivity contribution in [2.75, 3.05) is 7.11 Å². The van der Waals surface area contributed by atoms with E-state index in [2.05, 4.69) is 9.11 Å². The van der Waals surface area contributed by atoms with Gasteiger partial charge in [0.1, 0.15) is 0 Å². The molecule has 0 fully saturated rings. The Kier molecular flexibility index (Phi) is 2.39. The van der Waals surface area contributed by atoms with Crippen molar-refractivity contribution >= 4 is 39.2 Å². The van der Waals surface area contributed by atoms with E-state index in [1.165, 1.54) is 18.6 Å². The summed E-state index contributed by atoms with van der Waals surface area (Å²) in [7, 11) is 1.33. The van der Waals surface area contributed by atoms with Gasteiger partial charge in [0.25, 0.3) is 0 Å². The molecule has 1 aromatic carbocycles. The number of fused-ring (bicyclic) bond motifs is 1. The molecule has 0 radical (unpaired) electrons. The number of rotatable bonds is 1. The van der Waals surface area contributed by atoms with E-state index < -0.39 is 5.97 Å². The van der Waals surface area contributed by atoms with Crippen LogP contribution in [0.1, 0.15) is 10.5 Å². The molecule has 0 N–H and O–H groups in total. The number of nitrogens with zero attached hydrogens (tertiary/aromatic N) is 1. The third-order valence-electron chi connectivity index (χ3n) is 1.81. The van der Waals surface area contributed by atoms with Gasteiger partial charge < -0.3 is 4.74 Å². The molecule has 0 spiro atoms. The summed E-state index contributed by atoms with van der Waals surface area (Å²) >= 11 is 7.08. The van der Waals surface area contributed by atoms with E-state index in [1.54, 1.807) is 12.1 Å². The Morgan fingerprint density at radius 3 is 3.07 bits per heavy atom. The van der Waals surface area contributed by atoms with Gasteiger partial charge in [-0.1, -0.05) is 11.6 Å². The minimum atomic E-state index is -0.432. The van der Waals surface area contributed by atoms with E-state index in [4.69, 9.17) is 11.6 Å². The van der Waals surface area contributed by atoms with Crippen molar-refractivity contribution in [3.8, 4) is 0 Å². The molecule has 1 heterocycles. The Balaban J connectivity index is 2.67. The third kappa shape index (κ3) is 1.47. The lowest BCUT2D eigenvalue weighted by Gasteiger charge is -1.95. The normalized spacial score (nSPS) is 10.4. The van der Waals surface area contributed by atoms with Crippen LogP contribution in [-0.4, -0.2) is 17.5 Å². The lowest BCUT2D eigenvalue weighted by Crippen LogP contribution is -2.01. The lowest BCUT2D eigenvalue weighted by molar-refractivity contribution is 0.0598. The topological polar surface area (TPSA) is 39.2 Å². The second kappa shape index (κ2) is 3.55. The van der Waals surface area contributed by atoms with Crippen molar-refractivity contribution in [2.45, 2.75) is 0 Å². The first-order valence-corrected chi connectivity index (χ1v) is 5.01. The van der Waals surface area contributed by atoms with Gasteiger partial charge >= 0.3 is 5.97 Å². The maximum atomic E-state index is 11.3. The van der Waals surface area contributed by atoms with E-state index in [0.29, 0.717) is 10.7 Å². The summed E-state index contributed by atoms with van der Waals surface area (Å²) in [6.45, 7) is 0. The van der Waals surface area contributed by atoms with E-state index in [9.17, 15) is 4.79 Å². The van der Waals surface area contributed by atoms with Gasteiger partial charge in [-0.25, -0.2) is 4.79 Å². The number of esters is 1. The quantitative estimate of drug-likeness (QED) is 0.704. The van der Waals surface area contributed by atoms with Crippen LogP contribution in [0.3, 0.4) is 0 Å². The highest BCUT2D eigenvalue weighted by molar-refractivity contribution is 7.13. The van der Waals surface area contributed by atoms with Gasteiger partial charge in [-0.3, -0.25) is 0 Å². The van der Waals surface area contributed by atoms with E-state index >= 15 is 0 Å². The number of halogens is 1. The van der Waals surface area contributed by atoms with Gasteiger partial charge in [-0.2, -0.15) is 4.37 Å². The van der Waals surface area contributed by atoms with Crippen LogP contribution >= 0.6 is 23.1 Å². The highest BCUT2D eigenvalue weighted by atomic mass is 35.5. The van der Waals surface area contributed by atoms with Crippen molar-refractivity contribution in [2.24, 2.45) is 0 Å². The summed E-state index contributed by atoms with van der Waals surface area (Å²) in [5.41, 5.74) is 0.329. The molecule has 2 aromatic rings. The van der Waals surface area contributed by atoms with E-state index in [-0.39, 0.29) is 0 Å². The molecule has 2 rings (SSSR count). The summed E-state index contributed by atoms with van der Waals surface area (Å²) in [5, 5.41) is 1.33. The molecule has 3 nitrogen and oxygen atoms in total. The third-order valence-corrected chi connectivity index (χ3v) is 2.87. The molecule has 0 aliphatic heterocycles. The molecule has 0 atom stereocenters. The maximum absolute atomic E-state index is 11.3. The molecule has 0 unspecified atom stereocenters. The summed E-state index contributed by atoms with van der Waals surface area (Å²) in [6.07, 6.45) is 0. The van der Waals surface area contributed by atoms with E-state index in [1.807, 2.05) is 6.07 Å². The molecular weight excluding hydrogens is 222 g/mol. The fourth-order valence-electron chi connectivity index (χ4n) is 1.15. The number of benzene rings is 1. The number of carbonyl (C=O) groups is 1. The SMILES string of the molecule is COC(=O)c1nsc2ccc(Cl)cc12. The molecule has 5 heteroatoms. The highest BCUT2D eigenvalue weighted by Crippen LogP contribution is 2.26. The minimum Gasteiger partial charge on any atom is -0.464 e. The molecule has 14 heavy (non-hydrogen) atoms. The van der Waals surface area contributed by atoms with Gasteiger partial charge in [0.2, 0.25) is 0 Å². The largest absolute Gasteiger partial charge is 0.464 e. The summed E-state index contributed by atoms with van der Waals surface area (Å²) in [4.78, 5) is 11.3. The Morgan fingerprint density at radius 1 is 1.57 bits per heavy atom. The van der Waals surface area contributed by atoms with Crippen LogP contribution in [0.5, 0.6) is 0 Å². The summed E-state index contributed by atoms with van der Waals surface area (Å²) < 4.78 is 9.55. The van der Waals surface area contributed by atoms with Gasteiger partial charge in [0.05, 0.1) is 11.8 Å². The van der Waals surface area contributed by atoms with Crippen molar-refractivity contribution in [1.82, 2.24) is 4.37 Å². The monoisotopic (exact) mass is 227 g/mol. The van der Waals surface area contributed by atoms with E-state index in [0.717, 1.165) is 10.1 Å². The number of aromatic nitrogens is 1. The second-order valence-electron chi connectivity index (χ2n) is 2.66. The molecule has 72 valence electrons. The second-order valence-corrected chi connectivity index (χ2v) is 3.90. The molecule has 0 bridgehead atoms. The predicted octanol–water partition coefficient (Wildman–Crippen LogP) is 2.74. The van der Waals surface area contributed by atoms with Crippen LogP contribution in [0.25, 0.3) is 10.1 Å². The molecule has 0 amide bonds. The number of hydrogen-bond donors (Lipinski definition) is 0. The standard InChI is InChI=1S/C9H6ClNO2S/c1-13-9(12)8-6-4-5(10)2-3-7(6)14-11-8/h2-4H,1H3. The van der Waals surface area contributed by atoms with Gasteiger partial charge in [-0.05, 0) is 29.7 Å². The first-order chi connectivity index (χ1) is 6.72. The fourth-order valence-corrected chi connectivity index (χ4v) is 2.07. The Bertz CT molecular complexity index is 495. The zero-order valence-electron chi connectivity index (χ0n) is 7.28. The van der Waals surface area contributed by atoms with Crippen molar-refractivity contribution in [3.05, 3.63) is 28.9 Å². The smallest absolute Gasteiger partial charge is 0.358 e. The lowest BCUT2D eigenvalue weighted by atomic mass is 10.2. The average Bonchev–Trinajstić information content (AvgIpc) is 2.59. The molecule has 0 aliphatic carbocycles. The first-order valence-electron chi connectivity index (χ1n) is 3.85. The van der Waals surface area contributed by atoms with Crippen LogP contribution in [0, 0.1) is 0 Å². The Labute approximate surface area is 89.4 Å². The molecule has 1 aromatic heterocycles. The number of carbonyl (C=O) groups excluding carboxylic acids is 1. The van der Waals surface area contributed by atoms with Gasteiger partial charge in [0.15, 0.2) is 5.69 Å². The Hall–Kier alpha value is -1.13. The molecule has 0 saturated heterocycles. The van der Waals surface area contributed by atoms with Crippen LogP contribution < -0.4 is 0 Å². The predicted molar refractivity (Wildman–Crippen MR) is 56.0 cm³/mol. The first kappa shape index (κ1) is 9.43. The number of ether oxygens (including phenoxy) is 1. The average molecular weight is 228 g/mol. The molecule has 0 aliphatic rings. The van der Waals surface area contributed by atoms with Crippen LogP contribution in [0.15, 0.2) is 18.2 Å². The molecule has 0 saturated carbocycles. The zero-order valence-corrected chi connectivity index (χ0v) is 8.85. The fraction of sp³-hybridized carbons (Fsp3) is 0.111. The number of hydrogen-bond acceptors (Lipinski definition) is 4. The van der Waals surface area contributed by atoms with Gasteiger partial charge in [0, 0.05) is 10.4 Å². The van der Waals surface area contributed by atoms with Crippen molar-refractivity contribution in [3.63, 3.8) is 0 Å². The highest BCUT2D eigenvalue weighted by Gasteiger charge is 2.14. The number of methoxy groups -OCH3 is 1. The summed E-state index contributed by atoms with van der Waals surface area (Å²) in [5.74, 6) is -0.432. The zero-order chi connectivity index (χ0) is 10.1.